The van der Waals surface area contributed by atoms with Crippen LogP contribution in [-0.2, 0) is 16.1 Å². The Hall–Kier alpha value is -2.11. The summed E-state index contributed by atoms with van der Waals surface area (Å²) in [6.07, 6.45) is 0.702. The van der Waals surface area contributed by atoms with Crippen molar-refractivity contribution in [2.45, 2.75) is 26.6 Å². The number of nitrogens with zero attached hydrogens (tertiary/aromatic N) is 1. The molecule has 2 heterocycles. The van der Waals surface area contributed by atoms with Crippen LogP contribution in [0, 0.1) is 13.5 Å². The summed E-state index contributed by atoms with van der Waals surface area (Å²) in [4.78, 5) is 15.9. The second kappa shape index (κ2) is 6.56. The zero-order valence-electron chi connectivity index (χ0n) is 12.7. The summed E-state index contributed by atoms with van der Waals surface area (Å²) in [5.74, 6) is 0.394. The highest BCUT2D eigenvalue weighted by Crippen LogP contribution is 2.41. The van der Waals surface area contributed by atoms with Gasteiger partial charge in [0.2, 0.25) is 0 Å². The minimum atomic E-state index is -0.791. The van der Waals surface area contributed by atoms with Gasteiger partial charge >= 0.3 is 6.16 Å². The fourth-order valence-electron chi connectivity index (χ4n) is 2.54. The molecule has 1 radical (unpaired) electrons. The molecule has 0 fully saturated rings. The summed E-state index contributed by atoms with van der Waals surface area (Å²) in [6.45, 7) is 4.97. The van der Waals surface area contributed by atoms with E-state index in [2.05, 4.69) is 4.98 Å². The van der Waals surface area contributed by atoms with E-state index in [1.165, 1.54) is 6.61 Å². The molecule has 0 amide bonds. The SMILES string of the molecule is C[CH]OC(=O)Oc1c(C)ncc2c1CO[C@H]2c1ccc(Cl)cc1. The van der Waals surface area contributed by atoms with Crippen molar-refractivity contribution >= 4 is 17.8 Å². The Balaban J connectivity index is 1.94. The number of hydrogen-bond acceptors (Lipinski definition) is 5. The molecule has 0 aliphatic carbocycles. The highest BCUT2D eigenvalue weighted by molar-refractivity contribution is 6.30. The van der Waals surface area contributed by atoms with Crippen molar-refractivity contribution < 1.29 is 19.0 Å². The average Bonchev–Trinajstić information content (AvgIpc) is 2.95. The van der Waals surface area contributed by atoms with Crippen molar-refractivity contribution in [1.29, 1.82) is 0 Å². The third kappa shape index (κ3) is 3.16. The van der Waals surface area contributed by atoms with Gasteiger partial charge < -0.3 is 14.2 Å². The first kappa shape index (κ1) is 15.8. The van der Waals surface area contributed by atoms with E-state index in [-0.39, 0.29) is 6.10 Å². The number of hydrogen-bond donors (Lipinski definition) is 0. The second-order valence-corrected chi connectivity index (χ2v) is 5.49. The normalized spacial score (nSPS) is 16.0. The van der Waals surface area contributed by atoms with Crippen molar-refractivity contribution in [2.75, 3.05) is 0 Å². The molecule has 5 nitrogen and oxygen atoms in total. The van der Waals surface area contributed by atoms with Crippen molar-refractivity contribution in [2.24, 2.45) is 0 Å². The number of rotatable bonds is 3. The maximum absolute atomic E-state index is 11.6. The monoisotopic (exact) mass is 332 g/mol. The van der Waals surface area contributed by atoms with Gasteiger partial charge in [-0.1, -0.05) is 23.7 Å². The molecule has 23 heavy (non-hydrogen) atoms. The molecule has 0 saturated heterocycles. The smallest absolute Gasteiger partial charge is 0.427 e. The largest absolute Gasteiger partial charge is 0.514 e. The Bertz CT molecular complexity index is 730. The van der Waals surface area contributed by atoms with E-state index in [0.29, 0.717) is 23.1 Å². The number of aromatic nitrogens is 1. The van der Waals surface area contributed by atoms with Gasteiger partial charge in [-0.2, -0.15) is 0 Å². The third-order valence-corrected chi connectivity index (χ3v) is 3.85. The highest BCUT2D eigenvalue weighted by Gasteiger charge is 2.30. The molecule has 1 aliphatic heterocycles. The van der Waals surface area contributed by atoms with Gasteiger partial charge in [-0.3, -0.25) is 4.98 Å². The van der Waals surface area contributed by atoms with Crippen LogP contribution in [0.25, 0.3) is 0 Å². The number of aryl methyl sites for hydroxylation is 1. The van der Waals surface area contributed by atoms with E-state index in [1.54, 1.807) is 20.0 Å². The van der Waals surface area contributed by atoms with Gasteiger partial charge in [-0.15, -0.1) is 0 Å². The standard InChI is InChI=1S/C17H15ClNO4/c1-3-21-17(20)23-15-10(2)19-8-13-14(15)9-22-16(13)11-4-6-12(18)7-5-11/h3-8,16H,9H2,1-2H3/t16-/m0/s1. The number of halogens is 1. The molecule has 1 aromatic carbocycles. The zero-order valence-corrected chi connectivity index (χ0v) is 13.5. The molecule has 3 rings (SSSR count). The van der Waals surface area contributed by atoms with Gasteiger partial charge in [-0.25, -0.2) is 4.79 Å². The Morgan fingerprint density at radius 3 is 2.83 bits per heavy atom. The number of fused-ring (bicyclic) bond motifs is 1. The number of benzene rings is 1. The first-order valence-corrected chi connectivity index (χ1v) is 7.49. The topological polar surface area (TPSA) is 57.7 Å². The van der Waals surface area contributed by atoms with Crippen LogP contribution in [0.5, 0.6) is 5.75 Å². The molecule has 0 spiro atoms. The van der Waals surface area contributed by atoms with Crippen LogP contribution in [0.4, 0.5) is 4.79 Å². The van der Waals surface area contributed by atoms with Crippen LogP contribution in [-0.4, -0.2) is 11.1 Å². The van der Waals surface area contributed by atoms with Crippen LogP contribution < -0.4 is 4.74 Å². The first-order chi connectivity index (χ1) is 11.1. The van der Waals surface area contributed by atoms with E-state index in [1.807, 2.05) is 24.3 Å². The van der Waals surface area contributed by atoms with Crippen LogP contribution in [0.1, 0.15) is 35.4 Å². The van der Waals surface area contributed by atoms with Crippen LogP contribution in [0.3, 0.4) is 0 Å². The predicted octanol–water partition coefficient (Wildman–Crippen LogP) is 4.36. The summed E-state index contributed by atoms with van der Waals surface area (Å²) in [5.41, 5.74) is 3.26. The number of ether oxygens (including phenoxy) is 3. The fraction of sp³-hybridized carbons (Fsp3) is 0.235. The van der Waals surface area contributed by atoms with E-state index >= 15 is 0 Å². The maximum Gasteiger partial charge on any atom is 0.514 e. The molecule has 6 heteroatoms. The molecule has 2 aromatic rings. The van der Waals surface area contributed by atoms with Crippen molar-refractivity contribution in [3.05, 3.63) is 64.5 Å². The Kier molecular flexibility index (Phi) is 4.50. The van der Waals surface area contributed by atoms with Gasteiger partial charge in [0.15, 0.2) is 5.75 Å². The number of pyridine rings is 1. The molecular weight excluding hydrogens is 318 g/mol. The fourth-order valence-corrected chi connectivity index (χ4v) is 2.66. The van der Waals surface area contributed by atoms with Gasteiger partial charge in [-0.05, 0) is 31.5 Å². The van der Waals surface area contributed by atoms with E-state index < -0.39 is 6.16 Å². The average molecular weight is 333 g/mol. The lowest BCUT2D eigenvalue weighted by molar-refractivity contribution is 0.0921. The molecule has 0 saturated carbocycles. The van der Waals surface area contributed by atoms with Gasteiger partial charge in [0.05, 0.1) is 12.3 Å². The zero-order chi connectivity index (χ0) is 16.4. The quantitative estimate of drug-likeness (QED) is 0.781. The number of carbonyl (C=O) groups excluding carboxylic acids is 1. The Morgan fingerprint density at radius 1 is 1.39 bits per heavy atom. The summed E-state index contributed by atoms with van der Waals surface area (Å²) >= 11 is 5.92. The van der Waals surface area contributed by atoms with E-state index in [4.69, 9.17) is 25.8 Å². The number of carbonyl (C=O) groups is 1. The van der Waals surface area contributed by atoms with Crippen molar-refractivity contribution in [3.63, 3.8) is 0 Å². The van der Waals surface area contributed by atoms with Gasteiger partial charge in [0.25, 0.3) is 0 Å². The first-order valence-electron chi connectivity index (χ1n) is 7.12. The van der Waals surface area contributed by atoms with E-state index in [0.717, 1.165) is 16.7 Å². The lowest BCUT2D eigenvalue weighted by atomic mass is 10.0. The summed E-state index contributed by atoms with van der Waals surface area (Å²) in [5, 5.41) is 0.664. The van der Waals surface area contributed by atoms with Crippen LogP contribution in [0.15, 0.2) is 30.5 Å². The van der Waals surface area contributed by atoms with Crippen LogP contribution in [0.2, 0.25) is 5.02 Å². The third-order valence-electron chi connectivity index (χ3n) is 3.60. The molecule has 0 unspecified atom stereocenters. The lowest BCUT2D eigenvalue weighted by Gasteiger charge is -2.13. The molecule has 1 aromatic heterocycles. The summed E-state index contributed by atoms with van der Waals surface area (Å²) < 4.78 is 15.9. The highest BCUT2D eigenvalue weighted by atomic mass is 35.5. The minimum Gasteiger partial charge on any atom is -0.427 e. The van der Waals surface area contributed by atoms with Crippen molar-refractivity contribution in [1.82, 2.24) is 4.98 Å². The predicted molar refractivity (Wildman–Crippen MR) is 84.1 cm³/mol. The molecule has 0 N–H and O–H groups in total. The summed E-state index contributed by atoms with van der Waals surface area (Å²) in [6, 6.07) is 7.43. The Morgan fingerprint density at radius 2 is 2.13 bits per heavy atom. The second-order valence-electron chi connectivity index (χ2n) is 5.05. The summed E-state index contributed by atoms with van der Waals surface area (Å²) in [7, 11) is 0. The molecule has 1 atom stereocenters. The minimum absolute atomic E-state index is 0.258. The molecule has 119 valence electrons. The Labute approximate surface area is 139 Å². The lowest BCUT2D eigenvalue weighted by Crippen LogP contribution is -2.11. The van der Waals surface area contributed by atoms with Crippen molar-refractivity contribution in [3.8, 4) is 5.75 Å². The maximum atomic E-state index is 11.6. The van der Waals surface area contributed by atoms with Crippen LogP contribution >= 0.6 is 11.6 Å². The van der Waals surface area contributed by atoms with Gasteiger partial charge in [0.1, 0.15) is 12.7 Å². The van der Waals surface area contributed by atoms with Gasteiger partial charge in [0, 0.05) is 22.3 Å². The molecule has 1 aliphatic rings. The van der Waals surface area contributed by atoms with E-state index in [9.17, 15) is 4.79 Å². The molecular formula is C17H15ClNO4. The molecule has 0 bridgehead atoms.